The summed E-state index contributed by atoms with van der Waals surface area (Å²) in [6.07, 6.45) is 9.33. The molecule has 1 atom stereocenters. The summed E-state index contributed by atoms with van der Waals surface area (Å²) in [7, 11) is 1.94. The van der Waals surface area contributed by atoms with Crippen molar-refractivity contribution in [1.29, 1.82) is 0 Å². The normalized spacial score (nSPS) is 16.2. The molecule has 0 aromatic carbocycles. The van der Waals surface area contributed by atoms with E-state index in [1.807, 2.05) is 55.2 Å². The molecule has 7 nitrogen and oxygen atoms in total. The highest BCUT2D eigenvalue weighted by Crippen LogP contribution is 2.34. The summed E-state index contributed by atoms with van der Waals surface area (Å²) in [5.41, 5.74) is 1.66. The fraction of sp³-hybridized carbons (Fsp3) is 0.364. The van der Waals surface area contributed by atoms with Gasteiger partial charge in [0.2, 0.25) is 0 Å². The molecule has 1 fully saturated rings. The van der Waals surface area contributed by atoms with Crippen LogP contribution in [-0.2, 0) is 13.6 Å². The molecule has 0 radical (unpaired) electrons. The molecule has 29 heavy (non-hydrogen) atoms. The number of imidazole rings is 1. The molecule has 1 amide bonds. The topological polar surface area (TPSA) is 67.2 Å². The Morgan fingerprint density at radius 3 is 2.72 bits per heavy atom. The van der Waals surface area contributed by atoms with E-state index in [0.29, 0.717) is 18.7 Å². The minimum atomic E-state index is -0.0303. The number of hydrogen-bond acceptors (Lipinski definition) is 5. The smallest absolute Gasteiger partial charge is 0.255 e. The third-order valence-corrected chi connectivity index (χ3v) is 5.49. The molecule has 0 aliphatic carbocycles. The van der Waals surface area contributed by atoms with Crippen LogP contribution in [0.15, 0.2) is 55.1 Å². The summed E-state index contributed by atoms with van der Waals surface area (Å²) in [6.45, 7) is 4.02. The monoisotopic (exact) mass is 390 g/mol. The number of nitrogens with zero attached hydrogens (tertiary/aromatic N) is 6. The van der Waals surface area contributed by atoms with Crippen LogP contribution in [0.2, 0.25) is 0 Å². The van der Waals surface area contributed by atoms with Crippen LogP contribution in [0.1, 0.15) is 47.7 Å². The molecule has 4 rings (SSSR count). The van der Waals surface area contributed by atoms with Gasteiger partial charge in [0.1, 0.15) is 11.6 Å². The Hall–Kier alpha value is -3.22. The van der Waals surface area contributed by atoms with Crippen LogP contribution in [0, 0.1) is 0 Å². The zero-order valence-corrected chi connectivity index (χ0v) is 16.9. The van der Waals surface area contributed by atoms with Gasteiger partial charge in [-0.3, -0.25) is 9.78 Å². The fourth-order valence-electron chi connectivity index (χ4n) is 3.83. The average molecular weight is 390 g/mol. The highest BCUT2D eigenvalue weighted by atomic mass is 16.2. The highest BCUT2D eigenvalue weighted by Gasteiger charge is 2.28. The summed E-state index contributed by atoms with van der Waals surface area (Å²) in [5, 5.41) is 0. The van der Waals surface area contributed by atoms with E-state index in [2.05, 4.69) is 25.9 Å². The Balaban J connectivity index is 1.49. The van der Waals surface area contributed by atoms with Gasteiger partial charge in [0, 0.05) is 44.9 Å². The van der Waals surface area contributed by atoms with Crippen LogP contribution in [0.5, 0.6) is 0 Å². The van der Waals surface area contributed by atoms with Gasteiger partial charge in [-0.1, -0.05) is 6.07 Å². The van der Waals surface area contributed by atoms with Gasteiger partial charge >= 0.3 is 0 Å². The zero-order chi connectivity index (χ0) is 20.2. The zero-order valence-electron chi connectivity index (χ0n) is 16.9. The summed E-state index contributed by atoms with van der Waals surface area (Å²) in [4.78, 5) is 30.5. The van der Waals surface area contributed by atoms with E-state index in [1.165, 1.54) is 0 Å². The first kappa shape index (κ1) is 19.1. The molecule has 0 bridgehead atoms. The van der Waals surface area contributed by atoms with Crippen LogP contribution >= 0.6 is 0 Å². The minimum absolute atomic E-state index is 0.0303. The lowest BCUT2D eigenvalue weighted by Crippen LogP contribution is -2.31. The first-order valence-electron chi connectivity index (χ1n) is 10.1. The van der Waals surface area contributed by atoms with Gasteiger partial charge < -0.3 is 14.4 Å². The van der Waals surface area contributed by atoms with Gasteiger partial charge in [0.05, 0.1) is 23.8 Å². The molecular formula is C22H26N6O. The molecule has 0 unspecified atom stereocenters. The van der Waals surface area contributed by atoms with Crippen molar-refractivity contribution in [3.63, 3.8) is 0 Å². The van der Waals surface area contributed by atoms with Crippen LogP contribution in [0.3, 0.4) is 0 Å². The van der Waals surface area contributed by atoms with E-state index < -0.39 is 0 Å². The molecule has 1 saturated heterocycles. The second-order valence-electron chi connectivity index (χ2n) is 7.28. The van der Waals surface area contributed by atoms with Crippen molar-refractivity contribution in [1.82, 2.24) is 24.4 Å². The Labute approximate surface area is 171 Å². The molecule has 150 valence electrons. The number of hydrogen-bond donors (Lipinski definition) is 0. The van der Waals surface area contributed by atoms with Crippen molar-refractivity contribution in [3.8, 4) is 0 Å². The van der Waals surface area contributed by atoms with E-state index in [1.54, 1.807) is 17.3 Å². The van der Waals surface area contributed by atoms with Gasteiger partial charge in [-0.2, -0.15) is 0 Å². The highest BCUT2D eigenvalue weighted by molar-refractivity contribution is 5.94. The van der Waals surface area contributed by atoms with E-state index in [4.69, 9.17) is 0 Å². The molecule has 1 aliphatic heterocycles. The van der Waals surface area contributed by atoms with Crippen molar-refractivity contribution < 1.29 is 4.79 Å². The number of amides is 1. The molecule has 4 heterocycles. The lowest BCUT2D eigenvalue weighted by atomic mass is 10.1. The number of carbonyl (C=O) groups excluding carboxylic acids is 1. The van der Waals surface area contributed by atoms with Crippen molar-refractivity contribution in [2.45, 2.75) is 32.4 Å². The first-order chi connectivity index (χ1) is 14.2. The van der Waals surface area contributed by atoms with Crippen molar-refractivity contribution >= 4 is 11.7 Å². The molecule has 0 spiro atoms. The van der Waals surface area contributed by atoms with Crippen LogP contribution < -0.4 is 4.90 Å². The molecule has 3 aromatic rings. The molecule has 7 heteroatoms. The summed E-state index contributed by atoms with van der Waals surface area (Å²) in [6, 6.07) is 10.1. The second-order valence-corrected chi connectivity index (χ2v) is 7.28. The number of aromatic nitrogens is 4. The van der Waals surface area contributed by atoms with Crippen molar-refractivity contribution in [2.24, 2.45) is 7.05 Å². The third kappa shape index (κ3) is 3.99. The first-order valence-corrected chi connectivity index (χ1v) is 10.1. The Morgan fingerprint density at radius 2 is 2.07 bits per heavy atom. The van der Waals surface area contributed by atoms with E-state index >= 15 is 0 Å². The van der Waals surface area contributed by atoms with Crippen molar-refractivity contribution in [2.75, 3.05) is 18.0 Å². The summed E-state index contributed by atoms with van der Waals surface area (Å²) < 4.78 is 1.93. The Morgan fingerprint density at radius 1 is 1.17 bits per heavy atom. The molecule has 1 aliphatic rings. The van der Waals surface area contributed by atoms with Crippen LogP contribution in [0.4, 0.5) is 5.82 Å². The number of aryl methyl sites for hydroxylation is 1. The Kier molecular flexibility index (Phi) is 5.55. The van der Waals surface area contributed by atoms with E-state index in [9.17, 15) is 4.79 Å². The lowest BCUT2D eigenvalue weighted by molar-refractivity contribution is 0.0747. The van der Waals surface area contributed by atoms with Crippen LogP contribution in [0.25, 0.3) is 0 Å². The molecular weight excluding hydrogens is 364 g/mol. The Bertz CT molecular complexity index is 953. The SMILES string of the molecule is CCN(Cc1nccn1C)C(=O)c1ccc(N2CCC[C@@H]2c2ccccn2)nc1. The average Bonchev–Trinajstić information content (AvgIpc) is 3.41. The maximum absolute atomic E-state index is 13.0. The maximum atomic E-state index is 13.0. The van der Waals surface area contributed by atoms with E-state index in [0.717, 1.165) is 36.7 Å². The number of carbonyl (C=O) groups is 1. The number of rotatable bonds is 6. The van der Waals surface area contributed by atoms with E-state index in [-0.39, 0.29) is 11.9 Å². The quantitative estimate of drug-likeness (QED) is 0.647. The molecule has 3 aromatic heterocycles. The number of anilines is 1. The third-order valence-electron chi connectivity index (χ3n) is 5.49. The second kappa shape index (κ2) is 8.43. The maximum Gasteiger partial charge on any atom is 0.255 e. The number of pyridine rings is 2. The standard InChI is InChI=1S/C22H26N6O/c1-3-27(16-21-24-12-14-26(21)2)22(29)17-9-10-20(25-15-17)28-13-6-8-19(28)18-7-4-5-11-23-18/h4-5,7,9-12,14-15,19H,3,6,8,13,16H2,1-2H3/t19-/m1/s1. The van der Waals surface area contributed by atoms with Crippen molar-refractivity contribution in [3.05, 3.63) is 72.2 Å². The molecule has 0 saturated carbocycles. The predicted octanol–water partition coefficient (Wildman–Crippen LogP) is 3.21. The van der Waals surface area contributed by atoms with Crippen LogP contribution in [-0.4, -0.2) is 43.4 Å². The lowest BCUT2D eigenvalue weighted by Gasteiger charge is -2.26. The van der Waals surface area contributed by atoms with Gasteiger partial charge in [-0.15, -0.1) is 0 Å². The molecule has 0 N–H and O–H groups in total. The largest absolute Gasteiger partial charge is 0.348 e. The fourth-order valence-corrected chi connectivity index (χ4v) is 3.83. The summed E-state index contributed by atoms with van der Waals surface area (Å²) >= 11 is 0. The predicted molar refractivity (Wildman–Crippen MR) is 111 cm³/mol. The van der Waals surface area contributed by atoms with Gasteiger partial charge in [0.25, 0.3) is 5.91 Å². The van der Waals surface area contributed by atoms with Gasteiger partial charge in [-0.25, -0.2) is 9.97 Å². The minimum Gasteiger partial charge on any atom is -0.348 e. The van der Waals surface area contributed by atoms with Gasteiger partial charge in [0.15, 0.2) is 0 Å². The summed E-state index contributed by atoms with van der Waals surface area (Å²) in [5.74, 6) is 1.72. The van der Waals surface area contributed by atoms with Gasteiger partial charge in [-0.05, 0) is 44.0 Å².